The molecule has 0 saturated heterocycles. The number of carbonyl (C=O) groups excluding carboxylic acids is 1. The molecule has 0 aliphatic rings. The van der Waals surface area contributed by atoms with Gasteiger partial charge < -0.3 is 16.4 Å². The second-order valence-electron chi connectivity index (χ2n) is 4.61. The third-order valence-electron chi connectivity index (χ3n) is 2.95. The van der Waals surface area contributed by atoms with Gasteiger partial charge in [-0.1, -0.05) is 40.9 Å². The van der Waals surface area contributed by atoms with E-state index in [1.54, 1.807) is 42.5 Å². The van der Waals surface area contributed by atoms with Crippen molar-refractivity contribution < 1.29 is 4.79 Å². The molecule has 2 aromatic rings. The van der Waals surface area contributed by atoms with Crippen LogP contribution in [0.3, 0.4) is 0 Å². The summed E-state index contributed by atoms with van der Waals surface area (Å²) in [7, 11) is 0. The average molecular weight is 382 g/mol. The number of nitrogens with zero attached hydrogens (tertiary/aromatic N) is 1. The van der Waals surface area contributed by atoms with Gasteiger partial charge in [-0.05, 0) is 30.3 Å². The molecular formula is C16H11Cl3N4O. The van der Waals surface area contributed by atoms with E-state index in [1.807, 2.05) is 0 Å². The Morgan fingerprint density at radius 1 is 1.17 bits per heavy atom. The quantitative estimate of drug-likeness (QED) is 0.407. The summed E-state index contributed by atoms with van der Waals surface area (Å²) in [6.45, 7) is 0. The minimum absolute atomic E-state index is 0.154. The van der Waals surface area contributed by atoms with Gasteiger partial charge in [-0.25, -0.2) is 0 Å². The number of rotatable bonds is 4. The highest BCUT2D eigenvalue weighted by Crippen LogP contribution is 2.29. The fourth-order valence-corrected chi connectivity index (χ4v) is 2.24. The number of benzene rings is 2. The largest absolute Gasteiger partial charge is 0.398 e. The Labute approximate surface area is 153 Å². The lowest BCUT2D eigenvalue weighted by Crippen LogP contribution is -2.15. The highest BCUT2D eigenvalue weighted by Gasteiger charge is 2.12. The maximum atomic E-state index is 12.2. The van der Waals surface area contributed by atoms with E-state index in [2.05, 4.69) is 10.6 Å². The van der Waals surface area contributed by atoms with Crippen LogP contribution in [-0.4, -0.2) is 5.91 Å². The lowest BCUT2D eigenvalue weighted by atomic mass is 10.2. The Kier molecular flexibility index (Phi) is 5.93. The van der Waals surface area contributed by atoms with E-state index >= 15 is 0 Å². The maximum Gasteiger partial charge on any atom is 0.267 e. The molecule has 1 amide bonds. The summed E-state index contributed by atoms with van der Waals surface area (Å²) in [6.07, 6.45) is 1.26. The highest BCUT2D eigenvalue weighted by molar-refractivity contribution is 6.44. The zero-order valence-electron chi connectivity index (χ0n) is 12.1. The van der Waals surface area contributed by atoms with Gasteiger partial charge in [-0.3, -0.25) is 4.79 Å². The number of halogens is 3. The van der Waals surface area contributed by atoms with Crippen LogP contribution in [0.1, 0.15) is 0 Å². The zero-order valence-corrected chi connectivity index (χ0v) is 14.4. The first-order valence-corrected chi connectivity index (χ1v) is 7.73. The number of anilines is 3. The van der Waals surface area contributed by atoms with Crippen LogP contribution in [-0.2, 0) is 4.79 Å². The van der Waals surface area contributed by atoms with Crippen molar-refractivity contribution in [3.63, 3.8) is 0 Å². The predicted octanol–water partition coefficient (Wildman–Crippen LogP) is 4.69. The second-order valence-corrected chi connectivity index (χ2v) is 5.80. The smallest absolute Gasteiger partial charge is 0.267 e. The first-order chi connectivity index (χ1) is 11.4. The molecule has 0 aromatic heterocycles. The predicted molar refractivity (Wildman–Crippen MR) is 98.3 cm³/mol. The normalized spacial score (nSPS) is 10.8. The molecule has 122 valence electrons. The minimum Gasteiger partial charge on any atom is -0.398 e. The first kappa shape index (κ1) is 18.0. The van der Waals surface area contributed by atoms with E-state index in [4.69, 9.17) is 45.8 Å². The van der Waals surface area contributed by atoms with Crippen molar-refractivity contribution in [1.82, 2.24) is 0 Å². The lowest BCUT2D eigenvalue weighted by Gasteiger charge is -2.08. The number of hydrogen-bond acceptors (Lipinski definition) is 4. The molecule has 0 atom stereocenters. The molecule has 4 N–H and O–H groups in total. The van der Waals surface area contributed by atoms with Crippen LogP contribution in [0.2, 0.25) is 15.1 Å². The number of nitrogens with one attached hydrogen (secondary N) is 2. The Balaban J connectivity index is 2.15. The topological polar surface area (TPSA) is 90.9 Å². The second kappa shape index (κ2) is 7.93. The molecule has 0 spiro atoms. The van der Waals surface area contributed by atoms with Crippen LogP contribution >= 0.6 is 34.8 Å². The first-order valence-electron chi connectivity index (χ1n) is 6.59. The Hall–Kier alpha value is -2.39. The van der Waals surface area contributed by atoms with Gasteiger partial charge >= 0.3 is 0 Å². The Morgan fingerprint density at radius 2 is 1.92 bits per heavy atom. The molecule has 0 fully saturated rings. The average Bonchev–Trinajstić information content (AvgIpc) is 2.55. The van der Waals surface area contributed by atoms with Crippen LogP contribution < -0.4 is 16.4 Å². The molecule has 0 heterocycles. The maximum absolute atomic E-state index is 12.2. The molecule has 0 bridgehead atoms. The van der Waals surface area contributed by atoms with Crippen molar-refractivity contribution in [3.05, 3.63) is 63.2 Å². The summed E-state index contributed by atoms with van der Waals surface area (Å²) in [5.41, 5.74) is 6.78. The van der Waals surface area contributed by atoms with Gasteiger partial charge in [0.25, 0.3) is 5.91 Å². The van der Waals surface area contributed by atoms with Crippen molar-refractivity contribution in [3.8, 4) is 6.07 Å². The number of hydrogen-bond donors (Lipinski definition) is 3. The van der Waals surface area contributed by atoms with Gasteiger partial charge in [0, 0.05) is 11.9 Å². The third-order valence-corrected chi connectivity index (χ3v) is 4.09. The van der Waals surface area contributed by atoms with Gasteiger partial charge in [0.1, 0.15) is 11.6 Å². The zero-order chi connectivity index (χ0) is 17.7. The number of amides is 1. The Bertz CT molecular complexity index is 859. The third kappa shape index (κ3) is 4.33. The van der Waals surface area contributed by atoms with E-state index in [0.717, 1.165) is 0 Å². The molecule has 0 saturated carbocycles. The molecule has 0 unspecified atom stereocenters. The van der Waals surface area contributed by atoms with Crippen LogP contribution in [0.25, 0.3) is 0 Å². The van der Waals surface area contributed by atoms with E-state index in [1.165, 1.54) is 6.20 Å². The van der Waals surface area contributed by atoms with Crippen molar-refractivity contribution in [2.45, 2.75) is 0 Å². The summed E-state index contributed by atoms with van der Waals surface area (Å²) in [5.74, 6) is -0.629. The minimum atomic E-state index is -0.629. The van der Waals surface area contributed by atoms with Gasteiger partial charge in [-0.15, -0.1) is 0 Å². The van der Waals surface area contributed by atoms with Crippen LogP contribution in [0.4, 0.5) is 17.1 Å². The molecule has 8 heteroatoms. The van der Waals surface area contributed by atoms with Crippen LogP contribution in [0.5, 0.6) is 0 Å². The SMILES string of the molecule is N#C/C(=C/Nc1ccc(N)c(Cl)c1)C(=O)Nc1cccc(Cl)c1Cl. The molecule has 2 aromatic carbocycles. The van der Waals surface area contributed by atoms with Gasteiger partial charge in [0.15, 0.2) is 0 Å². The van der Waals surface area contributed by atoms with Crippen LogP contribution in [0, 0.1) is 11.3 Å². The summed E-state index contributed by atoms with van der Waals surface area (Å²) in [6, 6.07) is 11.5. The standard InChI is InChI=1S/C16H11Cl3N4O/c17-11-2-1-3-14(15(11)19)23-16(24)9(7-20)8-22-10-4-5-13(21)12(18)6-10/h1-6,8,22H,21H2,(H,23,24)/b9-8-. The fourth-order valence-electron chi connectivity index (χ4n) is 1.71. The molecular weight excluding hydrogens is 371 g/mol. The summed E-state index contributed by atoms with van der Waals surface area (Å²) < 4.78 is 0. The molecule has 5 nitrogen and oxygen atoms in total. The highest BCUT2D eigenvalue weighted by atomic mass is 35.5. The van der Waals surface area contributed by atoms with E-state index < -0.39 is 5.91 Å². The van der Waals surface area contributed by atoms with E-state index in [-0.39, 0.29) is 10.6 Å². The van der Waals surface area contributed by atoms with Crippen molar-refractivity contribution >= 4 is 57.8 Å². The van der Waals surface area contributed by atoms with Gasteiger partial charge in [-0.2, -0.15) is 5.26 Å². The molecule has 2 rings (SSSR count). The van der Waals surface area contributed by atoms with Crippen molar-refractivity contribution in [2.24, 2.45) is 0 Å². The summed E-state index contributed by atoms with van der Waals surface area (Å²) in [5, 5.41) is 15.3. The molecule has 0 aliphatic heterocycles. The van der Waals surface area contributed by atoms with Crippen molar-refractivity contribution in [1.29, 1.82) is 5.26 Å². The number of nitrogens with two attached hydrogens (primary N) is 1. The van der Waals surface area contributed by atoms with Crippen molar-refractivity contribution in [2.75, 3.05) is 16.4 Å². The van der Waals surface area contributed by atoms with Gasteiger partial charge in [0.2, 0.25) is 0 Å². The lowest BCUT2D eigenvalue weighted by molar-refractivity contribution is -0.112. The molecule has 24 heavy (non-hydrogen) atoms. The van der Waals surface area contributed by atoms with Gasteiger partial charge in [0.05, 0.1) is 26.4 Å². The van der Waals surface area contributed by atoms with Crippen LogP contribution in [0.15, 0.2) is 48.2 Å². The molecule has 0 aliphatic carbocycles. The monoisotopic (exact) mass is 380 g/mol. The number of nitriles is 1. The number of carbonyl (C=O) groups is 1. The summed E-state index contributed by atoms with van der Waals surface area (Å²) >= 11 is 17.8. The summed E-state index contributed by atoms with van der Waals surface area (Å²) in [4.78, 5) is 12.2. The number of nitrogen functional groups attached to an aromatic ring is 1. The Morgan fingerprint density at radius 3 is 2.58 bits per heavy atom. The molecule has 0 radical (unpaired) electrons. The van der Waals surface area contributed by atoms with E-state index in [9.17, 15) is 4.79 Å². The van der Waals surface area contributed by atoms with E-state index in [0.29, 0.717) is 27.1 Å². The fraction of sp³-hybridized carbons (Fsp3) is 0.